The van der Waals surface area contributed by atoms with Crippen LogP contribution in [0.5, 0.6) is 0 Å². The van der Waals surface area contributed by atoms with Crippen molar-refractivity contribution in [2.24, 2.45) is 0 Å². The third kappa shape index (κ3) is 3.68. The summed E-state index contributed by atoms with van der Waals surface area (Å²) in [6, 6.07) is 6.52. The fraction of sp³-hybridized carbons (Fsp3) is 0.571. The summed E-state index contributed by atoms with van der Waals surface area (Å²) in [5, 5.41) is 13.9. The molecule has 1 fully saturated rings. The van der Waals surface area contributed by atoms with Gasteiger partial charge >= 0.3 is 0 Å². The van der Waals surface area contributed by atoms with Gasteiger partial charge in [0.25, 0.3) is 5.69 Å². The molecule has 6 nitrogen and oxygen atoms in total. The van der Waals surface area contributed by atoms with Crippen molar-refractivity contribution >= 4 is 11.4 Å². The smallest absolute Gasteiger partial charge is 0.269 e. The van der Waals surface area contributed by atoms with Gasteiger partial charge in [-0.25, -0.2) is 0 Å². The molecule has 0 saturated carbocycles. The first kappa shape index (κ1) is 14.7. The van der Waals surface area contributed by atoms with Gasteiger partial charge in [0.05, 0.1) is 18.1 Å². The van der Waals surface area contributed by atoms with Crippen molar-refractivity contribution in [1.29, 1.82) is 0 Å². The summed E-state index contributed by atoms with van der Waals surface area (Å²) >= 11 is 0. The van der Waals surface area contributed by atoms with Crippen LogP contribution >= 0.6 is 0 Å². The molecule has 0 atom stereocenters. The maximum Gasteiger partial charge on any atom is 0.269 e. The van der Waals surface area contributed by atoms with E-state index in [2.05, 4.69) is 24.1 Å². The van der Waals surface area contributed by atoms with Gasteiger partial charge in [-0.15, -0.1) is 0 Å². The summed E-state index contributed by atoms with van der Waals surface area (Å²) < 4.78 is 5.37. The highest BCUT2D eigenvalue weighted by Gasteiger charge is 2.27. The minimum absolute atomic E-state index is 0.0194. The van der Waals surface area contributed by atoms with E-state index >= 15 is 0 Å². The number of nitrogens with one attached hydrogen (secondary N) is 1. The van der Waals surface area contributed by atoms with Crippen molar-refractivity contribution < 1.29 is 9.66 Å². The van der Waals surface area contributed by atoms with Crippen molar-refractivity contribution in [1.82, 2.24) is 4.90 Å². The third-order valence-electron chi connectivity index (χ3n) is 3.67. The number of anilines is 1. The quantitative estimate of drug-likeness (QED) is 0.660. The zero-order chi connectivity index (χ0) is 14.6. The Bertz CT molecular complexity index is 453. The van der Waals surface area contributed by atoms with E-state index in [1.807, 2.05) is 0 Å². The maximum absolute atomic E-state index is 10.6. The van der Waals surface area contributed by atoms with Crippen LogP contribution in [-0.4, -0.2) is 48.2 Å². The zero-order valence-electron chi connectivity index (χ0n) is 12.0. The molecule has 0 aliphatic carbocycles. The number of benzene rings is 1. The highest BCUT2D eigenvalue weighted by molar-refractivity contribution is 5.48. The number of nitrogens with zero attached hydrogens (tertiary/aromatic N) is 2. The highest BCUT2D eigenvalue weighted by atomic mass is 16.6. The van der Waals surface area contributed by atoms with Crippen molar-refractivity contribution in [3.05, 3.63) is 34.4 Å². The van der Waals surface area contributed by atoms with Crippen LogP contribution in [0.3, 0.4) is 0 Å². The number of ether oxygens (including phenoxy) is 1. The zero-order valence-corrected chi connectivity index (χ0v) is 12.0. The lowest BCUT2D eigenvalue weighted by atomic mass is 10.0. The van der Waals surface area contributed by atoms with Crippen molar-refractivity contribution in [3.63, 3.8) is 0 Å². The van der Waals surface area contributed by atoms with Gasteiger partial charge in [-0.05, 0) is 26.0 Å². The molecule has 6 heteroatoms. The third-order valence-corrected chi connectivity index (χ3v) is 3.67. The minimum Gasteiger partial charge on any atom is -0.383 e. The first-order chi connectivity index (χ1) is 9.49. The lowest BCUT2D eigenvalue weighted by Gasteiger charge is -2.41. The van der Waals surface area contributed by atoms with Gasteiger partial charge in [-0.2, -0.15) is 0 Å². The average Bonchev–Trinajstić information content (AvgIpc) is 2.46. The van der Waals surface area contributed by atoms with Gasteiger partial charge in [0, 0.05) is 43.0 Å². The van der Waals surface area contributed by atoms with Crippen LogP contribution in [-0.2, 0) is 4.74 Å². The first-order valence-electron chi connectivity index (χ1n) is 6.80. The Morgan fingerprint density at radius 3 is 2.45 bits per heavy atom. The molecule has 1 aliphatic rings. The van der Waals surface area contributed by atoms with Crippen molar-refractivity contribution in [2.75, 3.05) is 38.2 Å². The van der Waals surface area contributed by atoms with E-state index in [0.29, 0.717) is 0 Å². The maximum atomic E-state index is 10.6. The average molecular weight is 279 g/mol. The van der Waals surface area contributed by atoms with Crippen molar-refractivity contribution in [2.45, 2.75) is 19.4 Å². The van der Waals surface area contributed by atoms with Gasteiger partial charge in [-0.1, -0.05) is 0 Å². The van der Waals surface area contributed by atoms with E-state index in [-0.39, 0.29) is 16.1 Å². The lowest BCUT2D eigenvalue weighted by Crippen LogP contribution is -2.53. The Morgan fingerprint density at radius 1 is 1.30 bits per heavy atom. The molecule has 2 rings (SSSR count). The van der Waals surface area contributed by atoms with E-state index < -0.39 is 0 Å². The van der Waals surface area contributed by atoms with Gasteiger partial charge in [0.1, 0.15) is 0 Å². The van der Waals surface area contributed by atoms with Crippen LogP contribution < -0.4 is 5.32 Å². The molecule has 1 aromatic carbocycles. The van der Waals surface area contributed by atoms with E-state index in [1.54, 1.807) is 12.1 Å². The molecule has 110 valence electrons. The predicted octanol–water partition coefficient (Wildman–Crippen LogP) is 2.12. The Kier molecular flexibility index (Phi) is 4.57. The van der Waals surface area contributed by atoms with Crippen LogP contribution in [0.2, 0.25) is 0 Å². The highest BCUT2D eigenvalue weighted by Crippen LogP contribution is 2.19. The summed E-state index contributed by atoms with van der Waals surface area (Å²) in [4.78, 5) is 12.6. The molecule has 0 unspecified atom stereocenters. The SMILES string of the molecule is CC(C)(CNc1ccc([N+](=O)[O-])cc1)N1CCOCC1. The molecule has 20 heavy (non-hydrogen) atoms. The molecule has 0 radical (unpaired) electrons. The normalized spacial score (nSPS) is 16.9. The molecule has 1 N–H and O–H groups in total. The number of nitro groups is 1. The molecule has 1 aromatic rings. The molecule has 0 spiro atoms. The predicted molar refractivity (Wildman–Crippen MR) is 78.1 cm³/mol. The van der Waals surface area contributed by atoms with Crippen LogP contribution in [0.4, 0.5) is 11.4 Å². The summed E-state index contributed by atoms with van der Waals surface area (Å²) in [5.74, 6) is 0. The molecule has 0 bridgehead atoms. The second kappa shape index (κ2) is 6.19. The number of morpholine rings is 1. The van der Waals surface area contributed by atoms with Gasteiger partial charge < -0.3 is 10.1 Å². The summed E-state index contributed by atoms with van der Waals surface area (Å²) in [7, 11) is 0. The largest absolute Gasteiger partial charge is 0.383 e. The number of hydrogen-bond donors (Lipinski definition) is 1. The van der Waals surface area contributed by atoms with E-state index in [9.17, 15) is 10.1 Å². The van der Waals surface area contributed by atoms with Crippen LogP contribution in [0, 0.1) is 10.1 Å². The Labute approximate surface area is 118 Å². The Hall–Kier alpha value is -1.66. The molecule has 0 aromatic heterocycles. The monoisotopic (exact) mass is 279 g/mol. The minimum atomic E-state index is -0.387. The van der Waals surface area contributed by atoms with Crippen LogP contribution in [0.15, 0.2) is 24.3 Å². The Morgan fingerprint density at radius 2 is 1.90 bits per heavy atom. The van der Waals surface area contributed by atoms with Crippen LogP contribution in [0.25, 0.3) is 0 Å². The molecule has 1 aliphatic heterocycles. The topological polar surface area (TPSA) is 67.6 Å². The van der Waals surface area contributed by atoms with Gasteiger partial charge in [0.2, 0.25) is 0 Å². The van der Waals surface area contributed by atoms with E-state index in [0.717, 1.165) is 38.5 Å². The first-order valence-corrected chi connectivity index (χ1v) is 6.80. The summed E-state index contributed by atoms with van der Waals surface area (Å²) in [6.45, 7) is 8.60. The van der Waals surface area contributed by atoms with E-state index in [4.69, 9.17) is 4.74 Å². The number of rotatable bonds is 5. The summed E-state index contributed by atoms with van der Waals surface area (Å²) in [5.41, 5.74) is 1.03. The second-order valence-corrected chi connectivity index (χ2v) is 5.57. The molecule has 1 saturated heterocycles. The fourth-order valence-corrected chi connectivity index (χ4v) is 2.30. The lowest BCUT2D eigenvalue weighted by molar-refractivity contribution is -0.384. The molecule has 1 heterocycles. The molecular weight excluding hydrogens is 258 g/mol. The number of nitro benzene ring substituents is 1. The molecular formula is C14H21N3O3. The fourth-order valence-electron chi connectivity index (χ4n) is 2.30. The van der Waals surface area contributed by atoms with Crippen molar-refractivity contribution in [3.8, 4) is 0 Å². The van der Waals surface area contributed by atoms with Crippen LogP contribution in [0.1, 0.15) is 13.8 Å². The van der Waals surface area contributed by atoms with Gasteiger partial charge in [-0.3, -0.25) is 15.0 Å². The number of hydrogen-bond acceptors (Lipinski definition) is 5. The van der Waals surface area contributed by atoms with E-state index in [1.165, 1.54) is 12.1 Å². The number of non-ortho nitro benzene ring substituents is 1. The summed E-state index contributed by atoms with van der Waals surface area (Å²) in [6.07, 6.45) is 0. The molecule has 0 amide bonds. The van der Waals surface area contributed by atoms with Gasteiger partial charge in [0.15, 0.2) is 0 Å². The standard InChI is InChI=1S/C14H21N3O3/c1-14(2,16-7-9-20-10-8-16)11-15-12-3-5-13(6-4-12)17(18)19/h3-6,15H,7-11H2,1-2H3. The second-order valence-electron chi connectivity index (χ2n) is 5.57. The Balaban J connectivity index is 1.91.